The Morgan fingerprint density at radius 1 is 0.931 bits per heavy atom. The number of anilines is 1. The van der Waals surface area contributed by atoms with E-state index in [9.17, 15) is 19.2 Å². The molecule has 0 spiro atoms. The molecule has 1 aromatic carbocycles. The molecule has 5 amide bonds. The van der Waals surface area contributed by atoms with E-state index < -0.39 is 29.7 Å². The largest absolute Gasteiger partial charge is 0.480 e. The summed E-state index contributed by atoms with van der Waals surface area (Å²) >= 11 is 0. The van der Waals surface area contributed by atoms with Crippen molar-refractivity contribution in [2.45, 2.75) is 0 Å². The third-order valence-corrected chi connectivity index (χ3v) is 4.16. The van der Waals surface area contributed by atoms with Crippen molar-refractivity contribution in [3.05, 3.63) is 36.4 Å². The van der Waals surface area contributed by atoms with Crippen LogP contribution in [-0.4, -0.2) is 65.0 Å². The van der Waals surface area contributed by atoms with Crippen LogP contribution < -0.4 is 14.8 Å². The average Bonchev–Trinajstić information content (AvgIpc) is 2.73. The van der Waals surface area contributed by atoms with Crippen molar-refractivity contribution in [3.63, 3.8) is 0 Å². The molecule has 1 aromatic heterocycles. The molecule has 1 N–H and O–H groups in total. The molecule has 2 heterocycles. The fourth-order valence-electron chi connectivity index (χ4n) is 2.54. The molecule has 11 heteroatoms. The van der Waals surface area contributed by atoms with Crippen molar-refractivity contribution >= 4 is 29.4 Å². The van der Waals surface area contributed by atoms with Gasteiger partial charge >= 0.3 is 6.03 Å². The van der Waals surface area contributed by atoms with Gasteiger partial charge in [0.15, 0.2) is 5.92 Å². The lowest BCUT2D eigenvalue weighted by atomic mass is 10.0. The maximum Gasteiger partial charge on any atom is 0.332 e. The Hall–Kier alpha value is -4.02. The number of amides is 5. The van der Waals surface area contributed by atoms with E-state index >= 15 is 0 Å². The summed E-state index contributed by atoms with van der Waals surface area (Å²) in [5.74, 6) is -3.20. The van der Waals surface area contributed by atoms with Crippen LogP contribution in [0.3, 0.4) is 0 Å². The monoisotopic (exact) mass is 399 g/mol. The van der Waals surface area contributed by atoms with E-state index in [-0.39, 0.29) is 5.88 Å². The number of urea groups is 1. The number of carbonyl (C=O) groups is 4. The highest BCUT2D eigenvalue weighted by Gasteiger charge is 2.46. The summed E-state index contributed by atoms with van der Waals surface area (Å²) < 4.78 is 10.4. The molecular weight excluding hydrogens is 382 g/mol. The highest BCUT2D eigenvalue weighted by molar-refractivity contribution is 6.27. The molecule has 150 valence electrons. The molecule has 11 nitrogen and oxygen atoms in total. The average molecular weight is 399 g/mol. The van der Waals surface area contributed by atoms with Gasteiger partial charge in [-0.2, -0.15) is 0 Å². The van der Waals surface area contributed by atoms with E-state index in [0.717, 1.165) is 9.80 Å². The fourth-order valence-corrected chi connectivity index (χ4v) is 2.54. The SMILES string of the molecule is COc1ccc(Oc2ccc(NC(=O)C3C(=O)N(C)C(=O)N(C)C3=O)cc2)nn1. The van der Waals surface area contributed by atoms with Crippen LogP contribution in [0.2, 0.25) is 0 Å². The van der Waals surface area contributed by atoms with Gasteiger partial charge in [0.05, 0.1) is 7.11 Å². The summed E-state index contributed by atoms with van der Waals surface area (Å²) in [5.41, 5.74) is 0.339. The molecule has 3 rings (SSSR count). The van der Waals surface area contributed by atoms with Crippen LogP contribution in [-0.2, 0) is 14.4 Å². The van der Waals surface area contributed by atoms with Crippen LogP contribution in [0.4, 0.5) is 10.5 Å². The first-order chi connectivity index (χ1) is 13.8. The van der Waals surface area contributed by atoms with Crippen molar-refractivity contribution in [2.75, 3.05) is 26.5 Å². The topological polar surface area (TPSA) is 131 Å². The van der Waals surface area contributed by atoms with Crippen molar-refractivity contribution in [3.8, 4) is 17.5 Å². The first-order valence-electron chi connectivity index (χ1n) is 8.37. The number of imide groups is 2. The predicted octanol–water partition coefficient (Wildman–Crippen LogP) is 0.883. The molecular formula is C18H17N5O6. The van der Waals surface area contributed by atoms with Gasteiger partial charge in [-0.05, 0) is 24.3 Å². The maximum atomic E-state index is 12.4. The van der Waals surface area contributed by atoms with Crippen LogP contribution in [0, 0.1) is 5.92 Å². The lowest BCUT2D eigenvalue weighted by Gasteiger charge is -2.32. The summed E-state index contributed by atoms with van der Waals surface area (Å²) in [4.78, 5) is 50.0. The van der Waals surface area contributed by atoms with E-state index in [2.05, 4.69) is 15.5 Å². The second-order valence-corrected chi connectivity index (χ2v) is 6.04. The van der Waals surface area contributed by atoms with Gasteiger partial charge in [-0.3, -0.25) is 24.2 Å². The second kappa shape index (κ2) is 7.92. The van der Waals surface area contributed by atoms with Gasteiger partial charge in [0.1, 0.15) is 5.75 Å². The predicted molar refractivity (Wildman–Crippen MR) is 98.2 cm³/mol. The second-order valence-electron chi connectivity index (χ2n) is 6.04. The highest BCUT2D eigenvalue weighted by Crippen LogP contribution is 2.23. The molecule has 1 fully saturated rings. The number of hydrogen-bond acceptors (Lipinski definition) is 8. The Morgan fingerprint density at radius 2 is 1.48 bits per heavy atom. The van der Waals surface area contributed by atoms with E-state index in [1.54, 1.807) is 24.3 Å². The van der Waals surface area contributed by atoms with Crippen LogP contribution in [0.5, 0.6) is 17.5 Å². The Bertz CT molecular complexity index is 936. The molecule has 1 aliphatic rings. The van der Waals surface area contributed by atoms with Crippen molar-refractivity contribution in [2.24, 2.45) is 5.92 Å². The summed E-state index contributed by atoms with van der Waals surface area (Å²) in [7, 11) is 3.89. The minimum Gasteiger partial charge on any atom is -0.480 e. The lowest BCUT2D eigenvalue weighted by Crippen LogP contribution is -2.59. The van der Waals surface area contributed by atoms with Gasteiger partial charge in [0, 0.05) is 31.9 Å². The van der Waals surface area contributed by atoms with E-state index in [0.29, 0.717) is 17.3 Å². The highest BCUT2D eigenvalue weighted by atomic mass is 16.5. The number of hydrogen-bond donors (Lipinski definition) is 1. The van der Waals surface area contributed by atoms with Crippen molar-refractivity contribution in [1.82, 2.24) is 20.0 Å². The molecule has 2 aromatic rings. The van der Waals surface area contributed by atoms with Gasteiger partial charge in [0.25, 0.3) is 11.8 Å². The summed E-state index contributed by atoms with van der Waals surface area (Å²) in [6.45, 7) is 0. The third kappa shape index (κ3) is 3.98. The number of nitrogens with one attached hydrogen (secondary N) is 1. The summed E-state index contributed by atoms with van der Waals surface area (Å²) in [6, 6.07) is 8.57. The van der Waals surface area contributed by atoms with Gasteiger partial charge in [-0.15, -0.1) is 10.2 Å². The third-order valence-electron chi connectivity index (χ3n) is 4.16. The maximum absolute atomic E-state index is 12.4. The number of benzene rings is 1. The number of aromatic nitrogens is 2. The van der Waals surface area contributed by atoms with Gasteiger partial charge in [0.2, 0.25) is 17.7 Å². The Kier molecular flexibility index (Phi) is 5.39. The number of barbiturate groups is 1. The minimum absolute atomic E-state index is 0.247. The molecule has 1 saturated heterocycles. The Morgan fingerprint density at radius 3 is 2.00 bits per heavy atom. The van der Waals surface area contributed by atoms with E-state index in [1.807, 2.05) is 0 Å². The number of ether oxygens (including phenoxy) is 2. The van der Waals surface area contributed by atoms with Crippen LogP contribution >= 0.6 is 0 Å². The molecule has 0 atom stereocenters. The van der Waals surface area contributed by atoms with Gasteiger partial charge in [-0.25, -0.2) is 4.79 Å². The first-order valence-corrected chi connectivity index (χ1v) is 8.37. The van der Waals surface area contributed by atoms with Crippen LogP contribution in [0.25, 0.3) is 0 Å². The normalized spacial score (nSPS) is 14.8. The first kappa shape index (κ1) is 19.7. The molecule has 0 bridgehead atoms. The Balaban J connectivity index is 1.67. The molecule has 0 radical (unpaired) electrons. The summed E-state index contributed by atoms with van der Waals surface area (Å²) in [5, 5.41) is 10.1. The van der Waals surface area contributed by atoms with Crippen molar-refractivity contribution < 1.29 is 28.7 Å². The molecule has 1 aliphatic heterocycles. The Labute approximate surface area is 165 Å². The van der Waals surface area contributed by atoms with Crippen LogP contribution in [0.1, 0.15) is 0 Å². The molecule has 0 saturated carbocycles. The van der Waals surface area contributed by atoms with Gasteiger partial charge in [-0.1, -0.05) is 0 Å². The smallest absolute Gasteiger partial charge is 0.332 e. The number of methoxy groups -OCH3 is 1. The number of carbonyl (C=O) groups excluding carboxylic acids is 4. The van der Waals surface area contributed by atoms with E-state index in [1.165, 1.54) is 33.3 Å². The fraction of sp³-hybridized carbons (Fsp3) is 0.222. The van der Waals surface area contributed by atoms with E-state index in [4.69, 9.17) is 9.47 Å². The van der Waals surface area contributed by atoms with Crippen LogP contribution in [0.15, 0.2) is 36.4 Å². The zero-order valence-electron chi connectivity index (χ0n) is 15.8. The number of nitrogens with zero attached hydrogens (tertiary/aromatic N) is 4. The molecule has 0 unspecified atom stereocenters. The standard InChI is InChI=1S/C18H17N5O6/c1-22-16(25)14(17(26)23(2)18(22)27)15(24)19-10-4-6-11(7-5-10)29-13-9-8-12(28-3)20-21-13/h4-9,14H,1-3H3,(H,19,24). The minimum atomic E-state index is -1.63. The van der Waals surface area contributed by atoms with Crippen molar-refractivity contribution in [1.29, 1.82) is 0 Å². The molecule has 29 heavy (non-hydrogen) atoms. The quantitative estimate of drug-likeness (QED) is 0.733. The van der Waals surface area contributed by atoms with Gasteiger partial charge < -0.3 is 14.8 Å². The number of rotatable bonds is 5. The zero-order chi connectivity index (χ0) is 21.1. The molecule has 0 aliphatic carbocycles. The summed E-state index contributed by atoms with van der Waals surface area (Å²) in [6.07, 6.45) is 0. The lowest BCUT2D eigenvalue weighted by molar-refractivity contribution is -0.151. The zero-order valence-corrected chi connectivity index (χ0v) is 15.8.